The molecule has 26 heavy (non-hydrogen) atoms. The molecule has 0 bridgehead atoms. The molecule has 2 rings (SSSR count). The Labute approximate surface area is 158 Å². The normalized spacial score (nSPS) is 24.7. The van der Waals surface area contributed by atoms with Gasteiger partial charge in [0.2, 0.25) is 11.8 Å². The summed E-state index contributed by atoms with van der Waals surface area (Å²) in [5, 5.41) is 6.93. The van der Waals surface area contributed by atoms with Gasteiger partial charge in [0.1, 0.15) is 0 Å². The van der Waals surface area contributed by atoms with Crippen molar-refractivity contribution in [3.8, 4) is 0 Å². The minimum atomic E-state index is -0.143. The highest BCUT2D eigenvalue weighted by Crippen LogP contribution is 2.10. The highest BCUT2D eigenvalue weighted by Gasteiger charge is 2.32. The standard InChI is InChI=1S/C19H37N5O2/c1-5-6-18(25)24-11-9-23(10-12-24)17-14-20-16(13-21-17)19(26)22(4)8-7-15(2)3/h15-17,20-21H,5-14H2,1-4H3. The molecule has 0 saturated carbocycles. The minimum Gasteiger partial charge on any atom is -0.344 e. The molecule has 0 radical (unpaired) electrons. The van der Waals surface area contributed by atoms with Crippen molar-refractivity contribution in [1.82, 2.24) is 25.3 Å². The molecule has 0 aliphatic carbocycles. The molecule has 2 fully saturated rings. The average molecular weight is 368 g/mol. The molecule has 7 nitrogen and oxygen atoms in total. The molecular formula is C19H37N5O2. The van der Waals surface area contributed by atoms with E-state index in [1.54, 1.807) is 0 Å². The summed E-state index contributed by atoms with van der Waals surface area (Å²) in [7, 11) is 1.89. The van der Waals surface area contributed by atoms with E-state index in [0.29, 0.717) is 18.9 Å². The Kier molecular flexibility index (Phi) is 8.31. The summed E-state index contributed by atoms with van der Waals surface area (Å²) in [5.41, 5.74) is 0. The van der Waals surface area contributed by atoms with Gasteiger partial charge < -0.3 is 15.1 Å². The van der Waals surface area contributed by atoms with Crippen LogP contribution in [0.15, 0.2) is 0 Å². The second kappa shape index (κ2) is 10.2. The van der Waals surface area contributed by atoms with E-state index in [4.69, 9.17) is 0 Å². The van der Waals surface area contributed by atoms with Crippen molar-refractivity contribution >= 4 is 11.8 Å². The number of hydrogen-bond acceptors (Lipinski definition) is 5. The molecule has 2 N–H and O–H groups in total. The first-order valence-electron chi connectivity index (χ1n) is 10.2. The monoisotopic (exact) mass is 367 g/mol. The van der Waals surface area contributed by atoms with Crippen LogP contribution in [0.25, 0.3) is 0 Å². The van der Waals surface area contributed by atoms with Gasteiger partial charge in [-0.1, -0.05) is 20.8 Å². The average Bonchev–Trinajstić information content (AvgIpc) is 2.66. The predicted octanol–water partition coefficient (Wildman–Crippen LogP) is 0.323. The van der Waals surface area contributed by atoms with Crippen molar-refractivity contribution in [1.29, 1.82) is 0 Å². The lowest BCUT2D eigenvalue weighted by molar-refractivity contribution is -0.135. The van der Waals surface area contributed by atoms with Gasteiger partial charge in [-0.15, -0.1) is 0 Å². The maximum Gasteiger partial charge on any atom is 0.240 e. The van der Waals surface area contributed by atoms with Gasteiger partial charge in [-0.3, -0.25) is 19.8 Å². The highest BCUT2D eigenvalue weighted by molar-refractivity contribution is 5.82. The topological polar surface area (TPSA) is 67.9 Å². The number of carbonyl (C=O) groups is 2. The molecule has 2 aliphatic rings. The first-order chi connectivity index (χ1) is 12.4. The minimum absolute atomic E-state index is 0.143. The van der Waals surface area contributed by atoms with E-state index in [1.165, 1.54) is 0 Å². The van der Waals surface area contributed by atoms with Gasteiger partial charge >= 0.3 is 0 Å². The largest absolute Gasteiger partial charge is 0.344 e. The van der Waals surface area contributed by atoms with Crippen molar-refractivity contribution < 1.29 is 9.59 Å². The summed E-state index contributed by atoms with van der Waals surface area (Å²) < 4.78 is 0. The highest BCUT2D eigenvalue weighted by atomic mass is 16.2. The van der Waals surface area contributed by atoms with Crippen molar-refractivity contribution in [2.75, 3.05) is 52.9 Å². The van der Waals surface area contributed by atoms with E-state index in [2.05, 4.69) is 29.4 Å². The predicted molar refractivity (Wildman–Crippen MR) is 104 cm³/mol. The number of rotatable bonds is 7. The van der Waals surface area contributed by atoms with Crippen molar-refractivity contribution in [3.05, 3.63) is 0 Å². The zero-order chi connectivity index (χ0) is 19.1. The maximum absolute atomic E-state index is 12.5. The van der Waals surface area contributed by atoms with Gasteiger partial charge in [0, 0.05) is 59.3 Å². The number of likely N-dealkylation sites (N-methyl/N-ethyl adjacent to an activating group) is 1. The van der Waals surface area contributed by atoms with Crippen LogP contribution in [-0.4, -0.2) is 91.6 Å². The molecule has 2 aliphatic heterocycles. The second-order valence-electron chi connectivity index (χ2n) is 7.99. The Bertz CT molecular complexity index is 455. The zero-order valence-electron chi connectivity index (χ0n) is 17.0. The van der Waals surface area contributed by atoms with Gasteiger partial charge in [0.05, 0.1) is 12.2 Å². The Hall–Kier alpha value is -1.18. The Morgan fingerprint density at radius 2 is 1.81 bits per heavy atom. The molecule has 7 heteroatoms. The molecule has 2 unspecified atom stereocenters. The van der Waals surface area contributed by atoms with E-state index in [1.807, 2.05) is 23.8 Å². The van der Waals surface area contributed by atoms with Crippen LogP contribution >= 0.6 is 0 Å². The molecule has 0 aromatic carbocycles. The van der Waals surface area contributed by atoms with Gasteiger partial charge in [0.25, 0.3) is 0 Å². The SMILES string of the molecule is CCCC(=O)N1CCN(C2CNC(C(=O)N(C)CCC(C)C)CN2)CC1. The number of piperazine rings is 2. The lowest BCUT2D eigenvalue weighted by Gasteiger charge is -2.42. The van der Waals surface area contributed by atoms with Crippen LogP contribution in [0.3, 0.4) is 0 Å². The quantitative estimate of drug-likeness (QED) is 0.678. The number of nitrogens with zero attached hydrogens (tertiary/aromatic N) is 3. The second-order valence-corrected chi connectivity index (χ2v) is 7.99. The summed E-state index contributed by atoms with van der Waals surface area (Å²) in [4.78, 5) is 30.7. The summed E-state index contributed by atoms with van der Waals surface area (Å²) in [6.45, 7) is 12.0. The van der Waals surface area contributed by atoms with Crippen LogP contribution in [0.4, 0.5) is 0 Å². The van der Waals surface area contributed by atoms with Crippen LogP contribution in [-0.2, 0) is 9.59 Å². The molecule has 2 atom stereocenters. The molecule has 0 aromatic heterocycles. The molecule has 0 aromatic rings. The molecule has 2 saturated heterocycles. The first kappa shape index (κ1) is 21.1. The van der Waals surface area contributed by atoms with E-state index in [-0.39, 0.29) is 24.0 Å². The van der Waals surface area contributed by atoms with E-state index < -0.39 is 0 Å². The lowest BCUT2D eigenvalue weighted by Crippen LogP contribution is -2.66. The zero-order valence-corrected chi connectivity index (χ0v) is 17.0. The Balaban J connectivity index is 1.72. The summed E-state index contributed by atoms with van der Waals surface area (Å²) >= 11 is 0. The van der Waals surface area contributed by atoms with Crippen molar-refractivity contribution in [2.24, 2.45) is 5.92 Å². The number of hydrogen-bond donors (Lipinski definition) is 2. The van der Waals surface area contributed by atoms with Gasteiger partial charge in [-0.25, -0.2) is 0 Å². The molecule has 0 spiro atoms. The molecule has 2 heterocycles. The summed E-state index contributed by atoms with van der Waals surface area (Å²) in [5.74, 6) is 1.05. The fourth-order valence-electron chi connectivity index (χ4n) is 3.57. The number of carbonyl (C=O) groups excluding carboxylic acids is 2. The third-order valence-electron chi connectivity index (χ3n) is 5.40. The fourth-order valence-corrected chi connectivity index (χ4v) is 3.57. The maximum atomic E-state index is 12.5. The van der Waals surface area contributed by atoms with Crippen LogP contribution in [0, 0.1) is 5.92 Å². The fraction of sp³-hybridized carbons (Fsp3) is 0.895. The third-order valence-corrected chi connectivity index (χ3v) is 5.40. The smallest absolute Gasteiger partial charge is 0.240 e. The Morgan fingerprint density at radius 3 is 2.35 bits per heavy atom. The van der Waals surface area contributed by atoms with Crippen LogP contribution in [0.1, 0.15) is 40.0 Å². The van der Waals surface area contributed by atoms with E-state index >= 15 is 0 Å². The van der Waals surface area contributed by atoms with Crippen LogP contribution in [0.5, 0.6) is 0 Å². The van der Waals surface area contributed by atoms with Crippen LogP contribution < -0.4 is 10.6 Å². The van der Waals surface area contributed by atoms with E-state index in [0.717, 1.165) is 52.1 Å². The molecule has 2 amide bonds. The van der Waals surface area contributed by atoms with Gasteiger partial charge in [-0.2, -0.15) is 0 Å². The molecular weight excluding hydrogens is 330 g/mol. The number of amides is 2. The lowest BCUT2D eigenvalue weighted by atomic mass is 10.1. The van der Waals surface area contributed by atoms with Crippen molar-refractivity contribution in [3.63, 3.8) is 0 Å². The van der Waals surface area contributed by atoms with Crippen LogP contribution in [0.2, 0.25) is 0 Å². The summed E-state index contributed by atoms with van der Waals surface area (Å²) in [6.07, 6.45) is 2.83. The summed E-state index contributed by atoms with van der Waals surface area (Å²) in [6, 6.07) is -0.143. The third kappa shape index (κ3) is 5.93. The number of nitrogens with one attached hydrogen (secondary N) is 2. The molecule has 150 valence electrons. The Morgan fingerprint density at radius 1 is 1.12 bits per heavy atom. The first-order valence-corrected chi connectivity index (χ1v) is 10.2. The van der Waals surface area contributed by atoms with Gasteiger partial charge in [0.15, 0.2) is 0 Å². The van der Waals surface area contributed by atoms with Gasteiger partial charge in [-0.05, 0) is 18.8 Å². The van der Waals surface area contributed by atoms with Crippen molar-refractivity contribution in [2.45, 2.75) is 52.2 Å². The van der Waals surface area contributed by atoms with E-state index in [9.17, 15) is 9.59 Å².